The molecular weight excluding hydrogens is 520 g/mol. The van der Waals surface area contributed by atoms with Gasteiger partial charge < -0.3 is 0 Å². The van der Waals surface area contributed by atoms with E-state index >= 15 is 0 Å². The fourth-order valence-corrected chi connectivity index (χ4v) is 7.31. The number of rotatable bonds is 5. The molecule has 0 saturated heterocycles. The zero-order valence-electron chi connectivity index (χ0n) is 23.7. The molecule has 4 aromatic carbocycles. The molecule has 0 aliphatic rings. The Morgan fingerprint density at radius 3 is 2.29 bits per heavy atom. The molecule has 41 heavy (non-hydrogen) atoms. The van der Waals surface area contributed by atoms with E-state index in [1.54, 1.807) is 0 Å². The molecule has 0 aliphatic heterocycles. The van der Waals surface area contributed by atoms with Crippen LogP contribution in [0.3, 0.4) is 0 Å². The van der Waals surface area contributed by atoms with E-state index in [4.69, 9.17) is 0 Å². The minimum Gasteiger partial charge on any atom is -0.229 e. The minimum absolute atomic E-state index is 1.10. The van der Waals surface area contributed by atoms with Crippen molar-refractivity contribution in [2.45, 2.75) is 13.8 Å². The van der Waals surface area contributed by atoms with Crippen LogP contribution in [0.25, 0.3) is 37.1 Å². The number of pyridine rings is 1. The van der Waals surface area contributed by atoms with Gasteiger partial charge in [-0.15, -0.1) is 20.7 Å². The second-order valence-electron chi connectivity index (χ2n) is 10.6. The highest BCUT2D eigenvalue weighted by Crippen LogP contribution is 2.42. The monoisotopic (exact) mass is 552 g/mol. The van der Waals surface area contributed by atoms with E-state index in [9.17, 15) is 0 Å². The summed E-state index contributed by atoms with van der Waals surface area (Å²) in [6.07, 6.45) is 4.18. The van der Waals surface area contributed by atoms with Crippen molar-refractivity contribution in [2.24, 2.45) is 14.1 Å². The lowest BCUT2D eigenvalue weighted by Crippen LogP contribution is -2.38. The Kier molecular flexibility index (Phi) is 6.17. The third kappa shape index (κ3) is 4.12. The summed E-state index contributed by atoms with van der Waals surface area (Å²) in [4.78, 5) is 2.38. The Balaban J connectivity index is 1.47. The maximum Gasteiger partial charge on any atom is 0.287 e. The maximum atomic E-state index is 2.38. The van der Waals surface area contributed by atoms with Gasteiger partial charge >= 0.3 is 0 Å². The molecule has 0 radical (unpaired) electrons. The number of aryl methyl sites for hydroxylation is 2. The molecule has 0 aliphatic carbocycles. The Hall–Kier alpha value is -4.74. The number of para-hydroxylation sites is 1. The molecule has 3 aromatic heterocycles. The smallest absolute Gasteiger partial charge is 0.229 e. The van der Waals surface area contributed by atoms with Crippen molar-refractivity contribution in [1.82, 2.24) is 4.68 Å². The second kappa shape index (κ2) is 10.0. The number of fused-ring (bicyclic) bond motifs is 3. The van der Waals surface area contributed by atoms with Crippen LogP contribution >= 0.6 is 11.3 Å². The quantitative estimate of drug-likeness (QED) is 0.196. The average molecular weight is 553 g/mol. The molecular formula is C36H32N4S+2. The second-order valence-corrected chi connectivity index (χ2v) is 11.6. The van der Waals surface area contributed by atoms with Gasteiger partial charge in [0.05, 0.1) is 13.2 Å². The summed E-state index contributed by atoms with van der Waals surface area (Å²) in [5.74, 6) is 1.10. The predicted octanol–water partition coefficient (Wildman–Crippen LogP) is 8.25. The molecule has 4 nitrogen and oxygen atoms in total. The van der Waals surface area contributed by atoms with E-state index in [0.717, 1.165) is 22.9 Å². The molecule has 5 heteroatoms. The SMILES string of the molecule is Cc1ccc2c(sc3ccccc32)c1-c1cccc(N(c2ccccc2)c2cccc(-n3ccc[n+]3C)c2C)[n+]1C. The normalized spacial score (nSPS) is 11.4. The summed E-state index contributed by atoms with van der Waals surface area (Å²) in [5, 5.41) is 2.64. The molecule has 7 aromatic rings. The van der Waals surface area contributed by atoms with Gasteiger partial charge in [0.2, 0.25) is 0 Å². The number of anilines is 3. The fraction of sp³-hybridized carbons (Fsp3) is 0.111. The Morgan fingerprint density at radius 1 is 0.707 bits per heavy atom. The number of hydrogen-bond donors (Lipinski definition) is 0. The number of aromatic nitrogens is 3. The summed E-state index contributed by atoms with van der Waals surface area (Å²) in [5.41, 5.74) is 8.40. The number of hydrogen-bond acceptors (Lipinski definition) is 2. The molecule has 0 fully saturated rings. The highest BCUT2D eigenvalue weighted by atomic mass is 32.1. The average Bonchev–Trinajstić information content (AvgIpc) is 3.59. The molecule has 0 amide bonds. The number of nitrogens with zero attached hydrogens (tertiary/aromatic N) is 4. The van der Waals surface area contributed by atoms with Crippen LogP contribution in [0.4, 0.5) is 17.2 Å². The van der Waals surface area contributed by atoms with Crippen LogP contribution in [-0.4, -0.2) is 4.68 Å². The first kappa shape index (κ1) is 25.2. The summed E-state index contributed by atoms with van der Waals surface area (Å²) in [6.45, 7) is 4.44. The number of thiophene rings is 1. The van der Waals surface area contributed by atoms with Crippen molar-refractivity contribution in [1.29, 1.82) is 0 Å². The van der Waals surface area contributed by atoms with Gasteiger partial charge in [-0.2, -0.15) is 4.90 Å². The molecule has 0 N–H and O–H groups in total. The summed E-state index contributed by atoms with van der Waals surface area (Å²) in [7, 11) is 4.26. The standard InChI is InChI=1S/C36H32N4S/c1-25-21-22-29-28-15-8-9-19-33(28)41-36(29)35(25)32-18-11-20-34(38(32)4)40(27-13-6-5-7-14-27)31-17-10-16-30(26(31)2)39-24-12-23-37(39)3/h5-24H,1-4H3/q+2. The molecule has 0 saturated carbocycles. The molecule has 0 unspecified atom stereocenters. The Morgan fingerprint density at radius 2 is 1.49 bits per heavy atom. The van der Waals surface area contributed by atoms with Crippen LogP contribution in [-0.2, 0) is 14.1 Å². The third-order valence-corrected chi connectivity index (χ3v) is 9.30. The molecule has 0 spiro atoms. The van der Waals surface area contributed by atoms with E-state index in [2.05, 4.69) is 168 Å². The van der Waals surface area contributed by atoms with Crippen LogP contribution < -0.4 is 14.1 Å². The zero-order valence-corrected chi connectivity index (χ0v) is 24.6. The van der Waals surface area contributed by atoms with Crippen molar-refractivity contribution in [3.8, 4) is 16.9 Å². The molecule has 3 heterocycles. The van der Waals surface area contributed by atoms with Crippen molar-refractivity contribution in [3.05, 3.63) is 133 Å². The van der Waals surface area contributed by atoms with Crippen molar-refractivity contribution in [2.75, 3.05) is 4.90 Å². The first-order valence-corrected chi connectivity index (χ1v) is 14.7. The van der Waals surface area contributed by atoms with Crippen molar-refractivity contribution < 1.29 is 9.25 Å². The first-order chi connectivity index (χ1) is 20.0. The predicted molar refractivity (Wildman–Crippen MR) is 171 cm³/mol. The van der Waals surface area contributed by atoms with E-state index in [-0.39, 0.29) is 0 Å². The van der Waals surface area contributed by atoms with E-state index in [1.165, 1.54) is 42.6 Å². The highest BCUT2D eigenvalue weighted by Gasteiger charge is 2.29. The molecule has 200 valence electrons. The largest absolute Gasteiger partial charge is 0.287 e. The van der Waals surface area contributed by atoms with Crippen LogP contribution in [0.1, 0.15) is 11.1 Å². The van der Waals surface area contributed by atoms with Gasteiger partial charge in [-0.1, -0.05) is 54.6 Å². The number of benzene rings is 4. The van der Waals surface area contributed by atoms with E-state index < -0.39 is 0 Å². The van der Waals surface area contributed by atoms with Gasteiger partial charge in [-0.3, -0.25) is 0 Å². The van der Waals surface area contributed by atoms with Gasteiger partial charge in [-0.25, -0.2) is 4.57 Å². The van der Waals surface area contributed by atoms with Crippen LogP contribution in [0.15, 0.2) is 122 Å². The van der Waals surface area contributed by atoms with E-state index in [1.807, 2.05) is 11.3 Å². The van der Waals surface area contributed by atoms with Gasteiger partial charge in [-0.05, 0) is 61.9 Å². The third-order valence-electron chi connectivity index (χ3n) is 8.09. The molecule has 7 rings (SSSR count). The topological polar surface area (TPSA) is 15.9 Å². The van der Waals surface area contributed by atoms with Crippen LogP contribution in [0.2, 0.25) is 0 Å². The fourth-order valence-electron chi connectivity index (χ4n) is 6.00. The van der Waals surface area contributed by atoms with Crippen LogP contribution in [0, 0.1) is 13.8 Å². The lowest BCUT2D eigenvalue weighted by atomic mass is 10.0. The Labute approximate surface area is 244 Å². The van der Waals surface area contributed by atoms with Crippen molar-refractivity contribution in [3.63, 3.8) is 0 Å². The summed E-state index contributed by atoms with van der Waals surface area (Å²) < 4.78 is 9.30. The van der Waals surface area contributed by atoms with E-state index in [0.29, 0.717) is 0 Å². The van der Waals surface area contributed by atoms with Gasteiger partial charge in [0.25, 0.3) is 5.82 Å². The summed E-state index contributed by atoms with van der Waals surface area (Å²) >= 11 is 1.89. The van der Waals surface area contributed by atoms with Gasteiger partial charge in [0, 0.05) is 43.4 Å². The van der Waals surface area contributed by atoms with Crippen molar-refractivity contribution >= 4 is 48.7 Å². The summed E-state index contributed by atoms with van der Waals surface area (Å²) in [6, 6.07) is 39.2. The van der Waals surface area contributed by atoms with Gasteiger partial charge in [0.1, 0.15) is 22.8 Å². The van der Waals surface area contributed by atoms with Crippen LogP contribution in [0.5, 0.6) is 0 Å². The minimum atomic E-state index is 1.10. The molecule has 0 bridgehead atoms. The highest BCUT2D eigenvalue weighted by molar-refractivity contribution is 7.26. The Bertz CT molecular complexity index is 2050. The lowest BCUT2D eigenvalue weighted by molar-refractivity contribution is -0.744. The lowest BCUT2D eigenvalue weighted by Gasteiger charge is -2.22. The zero-order chi connectivity index (χ0) is 28.1. The maximum absolute atomic E-state index is 2.38. The van der Waals surface area contributed by atoms with Gasteiger partial charge in [0.15, 0.2) is 13.2 Å². The molecule has 0 atom stereocenters. The first-order valence-electron chi connectivity index (χ1n) is 13.9.